The van der Waals surface area contributed by atoms with Gasteiger partial charge in [0, 0.05) is 11.5 Å². The van der Waals surface area contributed by atoms with Crippen LogP contribution in [0, 0.1) is 34.6 Å². The first-order valence-electron chi connectivity index (χ1n) is 7.93. The number of anilines is 1. The van der Waals surface area contributed by atoms with E-state index in [1.807, 2.05) is 55.4 Å². The minimum absolute atomic E-state index is 0.203. The maximum absolute atomic E-state index is 12.9. The first-order valence-corrected chi connectivity index (χ1v) is 9.41. The van der Waals surface area contributed by atoms with Gasteiger partial charge in [-0.3, -0.25) is 4.72 Å². The summed E-state index contributed by atoms with van der Waals surface area (Å²) >= 11 is 0. The van der Waals surface area contributed by atoms with Crippen LogP contribution in [0.3, 0.4) is 0 Å². The highest BCUT2D eigenvalue weighted by Crippen LogP contribution is 2.31. The third-order valence-electron chi connectivity index (χ3n) is 4.69. The summed E-state index contributed by atoms with van der Waals surface area (Å²) in [7, 11) is -3.74. The fraction of sp³-hybridized carbons (Fsp3) is 0.500. The van der Waals surface area contributed by atoms with E-state index in [1.54, 1.807) is 6.07 Å². The summed E-state index contributed by atoms with van der Waals surface area (Å²) in [6.07, 6.45) is 0. The number of nitrogens with one attached hydrogen (secondary N) is 1. The molecule has 1 N–H and O–H groups in total. The Morgan fingerprint density at radius 1 is 0.917 bits per heavy atom. The van der Waals surface area contributed by atoms with E-state index in [9.17, 15) is 8.42 Å². The van der Waals surface area contributed by atoms with Crippen LogP contribution in [0.1, 0.15) is 54.3 Å². The second kappa shape index (κ2) is 5.92. The zero-order valence-corrected chi connectivity index (χ0v) is 16.5. The Bertz CT molecular complexity index is 859. The zero-order valence-electron chi connectivity index (χ0n) is 15.7. The van der Waals surface area contributed by atoms with Crippen molar-refractivity contribution in [3.05, 3.63) is 39.6 Å². The molecule has 0 atom stereocenters. The van der Waals surface area contributed by atoms with Crippen molar-refractivity contribution in [1.82, 2.24) is 5.16 Å². The number of hydrogen-bond acceptors (Lipinski definition) is 4. The Hall–Kier alpha value is -1.82. The van der Waals surface area contributed by atoms with Crippen molar-refractivity contribution in [3.8, 4) is 0 Å². The molecule has 1 aromatic heterocycles. The van der Waals surface area contributed by atoms with E-state index in [4.69, 9.17) is 4.52 Å². The molecule has 0 saturated carbocycles. The SMILES string of the molecule is Cc1c(C)c(C)c(S(=O)(=O)Nc2cc(C(C)(C)C)on2)c(C)c1C. The number of sulfonamides is 1. The van der Waals surface area contributed by atoms with Crippen molar-refractivity contribution in [2.24, 2.45) is 0 Å². The lowest BCUT2D eigenvalue weighted by atomic mass is 9.93. The summed E-state index contributed by atoms with van der Waals surface area (Å²) in [5, 5.41) is 3.85. The molecule has 0 bridgehead atoms. The molecule has 5 nitrogen and oxygen atoms in total. The zero-order chi connectivity index (χ0) is 18.4. The molecule has 0 fully saturated rings. The third kappa shape index (κ3) is 3.20. The van der Waals surface area contributed by atoms with Gasteiger partial charge in [-0.05, 0) is 62.4 Å². The van der Waals surface area contributed by atoms with Crippen LogP contribution < -0.4 is 4.72 Å². The van der Waals surface area contributed by atoms with E-state index in [2.05, 4.69) is 9.88 Å². The maximum Gasteiger partial charge on any atom is 0.263 e. The van der Waals surface area contributed by atoms with Gasteiger partial charge in [0.25, 0.3) is 10.0 Å². The molecule has 2 rings (SSSR count). The molecule has 132 valence electrons. The predicted molar refractivity (Wildman–Crippen MR) is 96.1 cm³/mol. The standard InChI is InChI=1S/C18H26N2O3S/c1-10-11(2)13(4)17(14(5)12(10)3)24(21,22)20-16-9-15(23-19-16)18(6,7)8/h9H,1-8H3,(H,19,20). The minimum Gasteiger partial charge on any atom is -0.359 e. The summed E-state index contributed by atoms with van der Waals surface area (Å²) in [6.45, 7) is 15.5. The minimum atomic E-state index is -3.74. The first kappa shape index (κ1) is 18.5. The summed E-state index contributed by atoms with van der Waals surface area (Å²) in [5.74, 6) is 0.833. The lowest BCUT2D eigenvalue weighted by Gasteiger charge is -2.18. The van der Waals surface area contributed by atoms with Gasteiger partial charge in [-0.2, -0.15) is 0 Å². The van der Waals surface area contributed by atoms with Gasteiger partial charge < -0.3 is 4.52 Å². The van der Waals surface area contributed by atoms with Crippen LogP contribution in [0.25, 0.3) is 0 Å². The molecule has 24 heavy (non-hydrogen) atoms. The van der Waals surface area contributed by atoms with Crippen molar-refractivity contribution < 1.29 is 12.9 Å². The molecule has 1 aromatic carbocycles. The molecule has 6 heteroatoms. The Labute approximate surface area is 144 Å². The monoisotopic (exact) mass is 350 g/mol. The smallest absolute Gasteiger partial charge is 0.263 e. The molecule has 0 radical (unpaired) electrons. The number of hydrogen-bond donors (Lipinski definition) is 1. The van der Waals surface area contributed by atoms with E-state index in [0.29, 0.717) is 10.7 Å². The van der Waals surface area contributed by atoms with Crippen molar-refractivity contribution in [3.63, 3.8) is 0 Å². The van der Waals surface area contributed by atoms with Crippen molar-refractivity contribution in [2.75, 3.05) is 4.72 Å². The van der Waals surface area contributed by atoms with Gasteiger partial charge in [0.05, 0.1) is 4.90 Å². The van der Waals surface area contributed by atoms with E-state index < -0.39 is 10.0 Å². The average Bonchev–Trinajstić information content (AvgIpc) is 2.90. The van der Waals surface area contributed by atoms with Crippen molar-refractivity contribution in [2.45, 2.75) is 65.7 Å². The summed E-state index contributed by atoms with van der Waals surface area (Å²) in [4.78, 5) is 0.323. The molecule has 0 unspecified atom stereocenters. The van der Waals surface area contributed by atoms with Crippen molar-refractivity contribution in [1.29, 1.82) is 0 Å². The highest BCUT2D eigenvalue weighted by molar-refractivity contribution is 7.92. The van der Waals surface area contributed by atoms with Crippen molar-refractivity contribution >= 4 is 15.8 Å². The normalized spacial score (nSPS) is 12.5. The summed E-state index contributed by atoms with van der Waals surface area (Å²) < 4.78 is 33.7. The van der Waals surface area contributed by atoms with Gasteiger partial charge in [-0.15, -0.1) is 0 Å². The van der Waals surface area contributed by atoms with E-state index >= 15 is 0 Å². The van der Waals surface area contributed by atoms with Crippen LogP contribution in [0.15, 0.2) is 15.5 Å². The van der Waals surface area contributed by atoms with E-state index in [1.165, 1.54) is 0 Å². The molecule has 0 aliphatic rings. The first-order chi connectivity index (χ1) is 10.9. The molecule has 2 aromatic rings. The van der Waals surface area contributed by atoms with Gasteiger partial charge in [0.2, 0.25) is 0 Å². The topological polar surface area (TPSA) is 72.2 Å². The summed E-state index contributed by atoms with van der Waals surface area (Å²) in [6, 6.07) is 1.64. The van der Waals surface area contributed by atoms with Crippen LogP contribution in [-0.4, -0.2) is 13.6 Å². The molecule has 0 saturated heterocycles. The van der Waals surface area contributed by atoms with Crippen LogP contribution in [0.2, 0.25) is 0 Å². The molecule has 0 amide bonds. The predicted octanol–water partition coefficient (Wildman–Crippen LogP) is 4.32. The van der Waals surface area contributed by atoms with E-state index in [-0.39, 0.29) is 11.2 Å². The largest absolute Gasteiger partial charge is 0.359 e. The summed E-state index contributed by atoms with van der Waals surface area (Å²) in [5.41, 5.74) is 4.41. The Kier molecular flexibility index (Phi) is 4.57. The van der Waals surface area contributed by atoms with Gasteiger partial charge in [-0.1, -0.05) is 25.9 Å². The number of rotatable bonds is 3. The third-order valence-corrected chi connectivity index (χ3v) is 6.32. The fourth-order valence-electron chi connectivity index (χ4n) is 2.73. The molecule has 0 aliphatic heterocycles. The van der Waals surface area contributed by atoms with Crippen LogP contribution >= 0.6 is 0 Å². The number of aromatic nitrogens is 1. The second-order valence-corrected chi connectivity index (χ2v) is 9.01. The van der Waals surface area contributed by atoms with Gasteiger partial charge in [0.15, 0.2) is 5.82 Å². The highest BCUT2D eigenvalue weighted by Gasteiger charge is 2.26. The highest BCUT2D eigenvalue weighted by atomic mass is 32.2. The Morgan fingerprint density at radius 2 is 1.38 bits per heavy atom. The molecular formula is C18H26N2O3S. The number of nitrogens with zero attached hydrogens (tertiary/aromatic N) is 1. The quantitative estimate of drug-likeness (QED) is 0.895. The van der Waals surface area contributed by atoms with Gasteiger partial charge in [-0.25, -0.2) is 8.42 Å². The molecule has 0 spiro atoms. The Balaban J connectivity index is 2.51. The van der Waals surface area contributed by atoms with Gasteiger partial charge in [0.1, 0.15) is 5.76 Å². The molecular weight excluding hydrogens is 324 g/mol. The lowest BCUT2D eigenvalue weighted by Crippen LogP contribution is -2.18. The molecule has 0 aliphatic carbocycles. The molecule has 1 heterocycles. The average molecular weight is 350 g/mol. The lowest BCUT2D eigenvalue weighted by molar-refractivity contribution is 0.331. The van der Waals surface area contributed by atoms with E-state index in [0.717, 1.165) is 27.8 Å². The number of benzene rings is 1. The van der Waals surface area contributed by atoms with Crippen LogP contribution in [-0.2, 0) is 15.4 Å². The fourth-order valence-corrected chi connectivity index (χ4v) is 4.32. The Morgan fingerprint density at radius 3 is 1.79 bits per heavy atom. The second-order valence-electron chi connectivity index (χ2n) is 7.39. The van der Waals surface area contributed by atoms with Crippen LogP contribution in [0.4, 0.5) is 5.82 Å². The van der Waals surface area contributed by atoms with Crippen LogP contribution in [0.5, 0.6) is 0 Å². The van der Waals surface area contributed by atoms with Gasteiger partial charge >= 0.3 is 0 Å². The maximum atomic E-state index is 12.9.